The summed E-state index contributed by atoms with van der Waals surface area (Å²) >= 11 is 0. The molecule has 0 rings (SSSR count). The molecule has 0 bridgehead atoms. The molecule has 0 aromatic heterocycles. The summed E-state index contributed by atoms with van der Waals surface area (Å²) < 4.78 is 3.85. The molecule has 0 aliphatic heterocycles. The summed E-state index contributed by atoms with van der Waals surface area (Å²) in [5.74, 6) is 1.61. The summed E-state index contributed by atoms with van der Waals surface area (Å²) in [6.07, 6.45) is 0. The van der Waals surface area contributed by atoms with E-state index in [9.17, 15) is 0 Å². The molecule has 0 aromatic carbocycles. The Bertz CT molecular complexity index is 284. The number of hydrogen-bond donors (Lipinski definition) is 0. The van der Waals surface area contributed by atoms with E-state index < -0.39 is 0 Å². The second kappa shape index (κ2) is 6.19. The fraction of sp³-hybridized carbons (Fsp3) is 0.800. The van der Waals surface area contributed by atoms with Crippen LogP contribution in [0.1, 0.15) is 0 Å². The van der Waals surface area contributed by atoms with E-state index >= 15 is 0 Å². The summed E-state index contributed by atoms with van der Waals surface area (Å²) in [6, 6.07) is 0. The Morgan fingerprint density at radius 1 is 0.688 bits per heavy atom. The Hall–Kier alpha value is -1.46. The molecule has 0 fully saturated rings. The van der Waals surface area contributed by atoms with Crippen molar-refractivity contribution in [3.05, 3.63) is 0 Å². The second-order valence-corrected chi connectivity index (χ2v) is 4.38. The zero-order chi connectivity index (χ0) is 12.9. The van der Waals surface area contributed by atoms with Gasteiger partial charge >= 0.3 is 11.9 Å². The maximum Gasteiger partial charge on any atom is 0.427 e. The highest BCUT2D eigenvalue weighted by molar-refractivity contribution is 5.79. The predicted molar refractivity (Wildman–Crippen MR) is 66.5 cm³/mol. The molecular weight excluding hydrogens is 204 g/mol. The number of rotatable bonds is 0. The van der Waals surface area contributed by atoms with Gasteiger partial charge in [0.2, 0.25) is 0 Å². The van der Waals surface area contributed by atoms with E-state index in [1.807, 2.05) is 75.3 Å². The molecule has 0 saturated carbocycles. The zero-order valence-corrected chi connectivity index (χ0v) is 11.7. The third-order valence-corrected chi connectivity index (χ3v) is 1.83. The smallest absolute Gasteiger partial charge is 0.265 e. The van der Waals surface area contributed by atoms with Gasteiger partial charge in [0.15, 0.2) is 0 Å². The van der Waals surface area contributed by atoms with Gasteiger partial charge in [0.1, 0.15) is 10.2 Å². The predicted octanol–water partition coefficient (Wildman–Crippen LogP) is -0.182. The van der Waals surface area contributed by atoms with Crippen LogP contribution in [0.15, 0.2) is 10.2 Å². The monoisotopic (exact) mass is 228 g/mol. The molecule has 6 heteroatoms. The largest absolute Gasteiger partial charge is 0.427 e. The Kier molecular flexibility index (Phi) is 5.63. The average Bonchev–Trinajstić information content (AvgIpc) is 2.09. The van der Waals surface area contributed by atoms with E-state index in [4.69, 9.17) is 0 Å². The van der Waals surface area contributed by atoms with Gasteiger partial charge in [-0.3, -0.25) is 19.0 Å². The molecule has 16 heavy (non-hydrogen) atoms. The van der Waals surface area contributed by atoms with Crippen molar-refractivity contribution < 1.29 is 9.15 Å². The summed E-state index contributed by atoms with van der Waals surface area (Å²) in [4.78, 5) is 3.85. The lowest BCUT2D eigenvalue weighted by Crippen LogP contribution is -2.30. The van der Waals surface area contributed by atoms with Crippen molar-refractivity contribution >= 4 is 11.9 Å². The Morgan fingerprint density at radius 3 is 1.06 bits per heavy atom. The molecule has 0 saturated heterocycles. The Morgan fingerprint density at radius 2 is 0.938 bits per heavy atom. The van der Waals surface area contributed by atoms with Crippen LogP contribution in [0.5, 0.6) is 0 Å². The van der Waals surface area contributed by atoms with Crippen molar-refractivity contribution in [1.82, 2.24) is 9.80 Å². The molecule has 0 aliphatic rings. The van der Waals surface area contributed by atoms with Gasteiger partial charge in [-0.05, 0) is 0 Å². The van der Waals surface area contributed by atoms with Crippen LogP contribution < -0.4 is 0 Å². The van der Waals surface area contributed by atoms with Gasteiger partial charge in [-0.1, -0.05) is 0 Å². The lowest BCUT2D eigenvalue weighted by Gasteiger charge is -2.05. The molecule has 0 spiro atoms. The first-order chi connectivity index (χ1) is 7.27. The van der Waals surface area contributed by atoms with Gasteiger partial charge in [-0.15, -0.1) is 0 Å². The van der Waals surface area contributed by atoms with Gasteiger partial charge in [0.25, 0.3) is 0 Å². The molecule has 0 N–H and O–H groups in total. The summed E-state index contributed by atoms with van der Waals surface area (Å²) in [7, 11) is 15.6. The van der Waals surface area contributed by atoms with E-state index in [0.29, 0.717) is 0 Å². The van der Waals surface area contributed by atoms with E-state index in [2.05, 4.69) is 10.2 Å². The van der Waals surface area contributed by atoms with Crippen LogP contribution in [0.4, 0.5) is 0 Å². The topological polar surface area (TPSA) is 37.2 Å². The van der Waals surface area contributed by atoms with Crippen LogP contribution in [-0.2, 0) is 0 Å². The van der Waals surface area contributed by atoms with Gasteiger partial charge in [0.05, 0.1) is 56.4 Å². The fourth-order valence-corrected chi connectivity index (χ4v) is 1.25. The summed E-state index contributed by atoms with van der Waals surface area (Å²) in [6.45, 7) is 0. The van der Waals surface area contributed by atoms with Crippen molar-refractivity contribution in [2.24, 2.45) is 10.2 Å². The highest BCUT2D eigenvalue weighted by atomic mass is 15.4. The lowest BCUT2D eigenvalue weighted by molar-refractivity contribution is -0.472. The maximum atomic E-state index is 4.24. The SMILES string of the molecule is CN(C)C(/N=N/C(N(C)C)=[N+](C)C)=[N+](C)C. The second-order valence-electron chi connectivity index (χ2n) is 4.38. The van der Waals surface area contributed by atoms with Crippen molar-refractivity contribution in [2.45, 2.75) is 0 Å². The minimum Gasteiger partial charge on any atom is -0.265 e. The fourth-order valence-electron chi connectivity index (χ4n) is 1.25. The Balaban J connectivity index is 5.10. The maximum absolute atomic E-state index is 4.24. The van der Waals surface area contributed by atoms with E-state index in [0.717, 1.165) is 11.9 Å². The number of azo groups is 1. The minimum atomic E-state index is 0.807. The molecule has 92 valence electrons. The summed E-state index contributed by atoms with van der Waals surface area (Å²) in [5, 5.41) is 8.48. The molecule has 0 atom stereocenters. The van der Waals surface area contributed by atoms with E-state index in [-0.39, 0.29) is 0 Å². The minimum absolute atomic E-state index is 0.807. The van der Waals surface area contributed by atoms with Crippen LogP contribution in [-0.4, -0.2) is 87.3 Å². The van der Waals surface area contributed by atoms with Crippen molar-refractivity contribution in [3.63, 3.8) is 0 Å². The van der Waals surface area contributed by atoms with Crippen LogP contribution in [0, 0.1) is 0 Å². The normalized spacial score (nSPS) is 10.2. The number of nitrogens with zero attached hydrogens (tertiary/aromatic N) is 6. The quantitative estimate of drug-likeness (QED) is 0.250. The van der Waals surface area contributed by atoms with E-state index in [1.54, 1.807) is 0 Å². The molecule has 0 heterocycles. The van der Waals surface area contributed by atoms with Gasteiger partial charge < -0.3 is 0 Å². The van der Waals surface area contributed by atoms with Crippen LogP contribution in [0.25, 0.3) is 0 Å². The molecule has 0 amide bonds. The zero-order valence-electron chi connectivity index (χ0n) is 11.7. The standard InChI is InChI=1S/C10H24N6/c1-13(2)9(14(3)4)11-12-10(15(5)6)16(7)8/h1-8H3/q+2. The first-order valence-corrected chi connectivity index (χ1v) is 5.12. The van der Waals surface area contributed by atoms with Crippen molar-refractivity contribution in [3.8, 4) is 0 Å². The van der Waals surface area contributed by atoms with E-state index in [1.165, 1.54) is 0 Å². The van der Waals surface area contributed by atoms with Gasteiger partial charge in [-0.2, -0.15) is 0 Å². The molecule has 0 radical (unpaired) electrons. The van der Waals surface area contributed by atoms with Crippen LogP contribution >= 0.6 is 0 Å². The molecule has 0 unspecified atom stereocenters. The third-order valence-electron chi connectivity index (χ3n) is 1.83. The Labute approximate surface area is 98.2 Å². The highest BCUT2D eigenvalue weighted by Gasteiger charge is 2.18. The molecule has 6 nitrogen and oxygen atoms in total. The number of guanidine groups is 2. The van der Waals surface area contributed by atoms with Crippen LogP contribution in [0.2, 0.25) is 0 Å². The highest BCUT2D eigenvalue weighted by Crippen LogP contribution is 1.91. The van der Waals surface area contributed by atoms with Crippen molar-refractivity contribution in [2.75, 3.05) is 56.4 Å². The average molecular weight is 228 g/mol. The molecule has 0 aromatic rings. The molecular formula is C10H24N6+2. The first kappa shape index (κ1) is 14.5. The third kappa shape index (κ3) is 4.37. The van der Waals surface area contributed by atoms with Gasteiger partial charge in [0, 0.05) is 0 Å². The van der Waals surface area contributed by atoms with Crippen molar-refractivity contribution in [1.29, 1.82) is 0 Å². The lowest BCUT2D eigenvalue weighted by atomic mass is 10.7. The first-order valence-electron chi connectivity index (χ1n) is 5.12. The van der Waals surface area contributed by atoms with Crippen LogP contribution in [0.3, 0.4) is 0 Å². The summed E-state index contributed by atoms with van der Waals surface area (Å²) in [5.41, 5.74) is 0. The number of hydrogen-bond acceptors (Lipinski definition) is 0. The van der Waals surface area contributed by atoms with Gasteiger partial charge in [-0.25, -0.2) is 0 Å². The molecule has 0 aliphatic carbocycles.